The van der Waals surface area contributed by atoms with Gasteiger partial charge in [0.2, 0.25) is 5.91 Å². The van der Waals surface area contributed by atoms with Crippen molar-refractivity contribution in [2.45, 2.75) is 52.2 Å². The summed E-state index contributed by atoms with van der Waals surface area (Å²) in [6.45, 7) is 5.71. The third-order valence-electron chi connectivity index (χ3n) is 2.90. The van der Waals surface area contributed by atoms with Gasteiger partial charge in [0, 0.05) is 5.56 Å². The second-order valence-corrected chi connectivity index (χ2v) is 5.20. The standard InChI is InChI=1S/C16H23NO4/c1-4-7-13(16(19)20)17-15(18)10-12-8-5-6-9-14(12)21-11(2)3/h5-6,8-9,11,13H,4,7,10H2,1-3H3,(H,17,18)(H,19,20). The molecule has 0 bridgehead atoms. The maximum Gasteiger partial charge on any atom is 0.326 e. The first-order chi connectivity index (χ1) is 9.93. The first-order valence-electron chi connectivity index (χ1n) is 7.20. The van der Waals surface area contributed by atoms with E-state index >= 15 is 0 Å². The average molecular weight is 293 g/mol. The molecule has 1 rings (SSSR count). The van der Waals surface area contributed by atoms with Crippen LogP contribution in [-0.4, -0.2) is 29.1 Å². The van der Waals surface area contributed by atoms with E-state index in [4.69, 9.17) is 9.84 Å². The summed E-state index contributed by atoms with van der Waals surface area (Å²) in [6, 6.07) is 6.46. The summed E-state index contributed by atoms with van der Waals surface area (Å²) in [6.07, 6.45) is 1.24. The molecule has 5 nitrogen and oxygen atoms in total. The molecule has 0 saturated carbocycles. The highest BCUT2D eigenvalue weighted by molar-refractivity contribution is 5.85. The van der Waals surface area contributed by atoms with Crippen molar-refractivity contribution in [3.8, 4) is 5.75 Å². The van der Waals surface area contributed by atoms with Gasteiger partial charge in [-0.2, -0.15) is 0 Å². The lowest BCUT2D eigenvalue weighted by molar-refractivity contribution is -0.141. The average Bonchev–Trinajstić information content (AvgIpc) is 2.39. The fourth-order valence-electron chi connectivity index (χ4n) is 1.98. The zero-order chi connectivity index (χ0) is 15.8. The van der Waals surface area contributed by atoms with Crippen LogP contribution in [0.4, 0.5) is 0 Å². The van der Waals surface area contributed by atoms with Gasteiger partial charge in [0.05, 0.1) is 12.5 Å². The monoisotopic (exact) mass is 293 g/mol. The number of para-hydroxylation sites is 1. The number of rotatable bonds is 8. The fraction of sp³-hybridized carbons (Fsp3) is 0.500. The summed E-state index contributed by atoms with van der Waals surface area (Å²) in [5.74, 6) is -0.655. The van der Waals surface area contributed by atoms with Crippen LogP contribution in [0.25, 0.3) is 0 Å². The molecule has 0 saturated heterocycles. The molecule has 1 aromatic rings. The van der Waals surface area contributed by atoms with Crippen LogP contribution >= 0.6 is 0 Å². The first kappa shape index (κ1) is 17.0. The number of hydrogen-bond donors (Lipinski definition) is 2. The van der Waals surface area contributed by atoms with Crippen LogP contribution in [0.2, 0.25) is 0 Å². The Morgan fingerprint density at radius 3 is 2.52 bits per heavy atom. The van der Waals surface area contributed by atoms with E-state index in [9.17, 15) is 9.59 Å². The minimum absolute atomic E-state index is 0.0149. The molecule has 2 N–H and O–H groups in total. The molecule has 1 unspecified atom stereocenters. The number of ether oxygens (including phenoxy) is 1. The van der Waals surface area contributed by atoms with E-state index < -0.39 is 12.0 Å². The molecule has 0 fully saturated rings. The summed E-state index contributed by atoms with van der Waals surface area (Å²) in [7, 11) is 0. The molecule has 0 aliphatic heterocycles. The summed E-state index contributed by atoms with van der Waals surface area (Å²) < 4.78 is 5.65. The largest absolute Gasteiger partial charge is 0.491 e. The van der Waals surface area contributed by atoms with Crippen molar-refractivity contribution in [2.75, 3.05) is 0 Å². The Kier molecular flexibility index (Phi) is 6.72. The van der Waals surface area contributed by atoms with Crippen molar-refractivity contribution >= 4 is 11.9 Å². The summed E-state index contributed by atoms with van der Waals surface area (Å²) >= 11 is 0. The van der Waals surface area contributed by atoms with Gasteiger partial charge in [0.15, 0.2) is 0 Å². The maximum absolute atomic E-state index is 12.0. The number of carboxylic acids is 1. The Labute approximate surface area is 125 Å². The van der Waals surface area contributed by atoms with Crippen LogP contribution in [0.15, 0.2) is 24.3 Å². The zero-order valence-electron chi connectivity index (χ0n) is 12.8. The van der Waals surface area contributed by atoms with Crippen LogP contribution in [0.3, 0.4) is 0 Å². The summed E-state index contributed by atoms with van der Waals surface area (Å²) in [4.78, 5) is 23.1. The minimum Gasteiger partial charge on any atom is -0.491 e. The van der Waals surface area contributed by atoms with E-state index in [1.807, 2.05) is 45.0 Å². The Balaban J connectivity index is 2.72. The van der Waals surface area contributed by atoms with Crippen molar-refractivity contribution in [1.29, 1.82) is 0 Å². The van der Waals surface area contributed by atoms with Crippen LogP contribution in [0, 0.1) is 0 Å². The van der Waals surface area contributed by atoms with Gasteiger partial charge in [0.25, 0.3) is 0 Å². The topological polar surface area (TPSA) is 75.6 Å². The molecule has 0 heterocycles. The van der Waals surface area contributed by atoms with Crippen molar-refractivity contribution in [3.63, 3.8) is 0 Å². The Bertz CT molecular complexity index is 485. The lowest BCUT2D eigenvalue weighted by Crippen LogP contribution is -2.41. The van der Waals surface area contributed by atoms with Gasteiger partial charge >= 0.3 is 5.97 Å². The lowest BCUT2D eigenvalue weighted by Gasteiger charge is -2.16. The van der Waals surface area contributed by atoms with Crippen molar-refractivity contribution in [3.05, 3.63) is 29.8 Å². The second-order valence-electron chi connectivity index (χ2n) is 5.20. The van der Waals surface area contributed by atoms with Crippen LogP contribution in [-0.2, 0) is 16.0 Å². The Hall–Kier alpha value is -2.04. The molecule has 1 amide bonds. The molecule has 1 aromatic carbocycles. The van der Waals surface area contributed by atoms with Crippen LogP contribution < -0.4 is 10.1 Å². The van der Waals surface area contributed by atoms with Gasteiger partial charge in [-0.15, -0.1) is 0 Å². The van der Waals surface area contributed by atoms with Gasteiger partial charge in [0.1, 0.15) is 11.8 Å². The number of hydrogen-bond acceptors (Lipinski definition) is 3. The fourth-order valence-corrected chi connectivity index (χ4v) is 1.98. The molecule has 0 radical (unpaired) electrons. The van der Waals surface area contributed by atoms with E-state index in [2.05, 4.69) is 5.32 Å². The van der Waals surface area contributed by atoms with Gasteiger partial charge in [-0.1, -0.05) is 31.5 Å². The van der Waals surface area contributed by atoms with E-state index in [-0.39, 0.29) is 18.4 Å². The highest BCUT2D eigenvalue weighted by atomic mass is 16.5. The number of carboxylic acid groups (broad SMARTS) is 1. The third-order valence-corrected chi connectivity index (χ3v) is 2.90. The van der Waals surface area contributed by atoms with Crippen molar-refractivity contribution in [2.24, 2.45) is 0 Å². The maximum atomic E-state index is 12.0. The molecule has 0 aliphatic carbocycles. The minimum atomic E-state index is -1.00. The summed E-state index contributed by atoms with van der Waals surface area (Å²) in [5, 5.41) is 11.6. The number of carbonyl (C=O) groups excluding carboxylic acids is 1. The number of carbonyl (C=O) groups is 2. The Morgan fingerprint density at radius 1 is 1.29 bits per heavy atom. The molecule has 116 valence electrons. The van der Waals surface area contributed by atoms with Gasteiger partial charge < -0.3 is 15.2 Å². The molecular weight excluding hydrogens is 270 g/mol. The van der Waals surface area contributed by atoms with Crippen LogP contribution in [0.1, 0.15) is 39.2 Å². The second kappa shape index (κ2) is 8.29. The SMILES string of the molecule is CCCC(NC(=O)Cc1ccccc1OC(C)C)C(=O)O. The first-order valence-corrected chi connectivity index (χ1v) is 7.20. The van der Waals surface area contributed by atoms with E-state index in [1.165, 1.54) is 0 Å². The van der Waals surface area contributed by atoms with E-state index in [0.29, 0.717) is 18.6 Å². The number of amides is 1. The predicted molar refractivity (Wildman–Crippen MR) is 80.4 cm³/mol. The highest BCUT2D eigenvalue weighted by Crippen LogP contribution is 2.20. The third kappa shape index (κ3) is 5.85. The van der Waals surface area contributed by atoms with Crippen LogP contribution in [0.5, 0.6) is 5.75 Å². The molecule has 1 atom stereocenters. The number of aliphatic carboxylic acids is 1. The van der Waals surface area contributed by atoms with Crippen molar-refractivity contribution in [1.82, 2.24) is 5.32 Å². The summed E-state index contributed by atoms with van der Waals surface area (Å²) in [5.41, 5.74) is 0.754. The number of nitrogens with one attached hydrogen (secondary N) is 1. The van der Waals surface area contributed by atoms with Crippen molar-refractivity contribution < 1.29 is 19.4 Å². The number of benzene rings is 1. The van der Waals surface area contributed by atoms with Gasteiger partial charge in [-0.25, -0.2) is 4.79 Å². The predicted octanol–water partition coefficient (Wildman–Crippen LogP) is 2.39. The normalized spacial score (nSPS) is 12.0. The zero-order valence-corrected chi connectivity index (χ0v) is 12.8. The Morgan fingerprint density at radius 2 is 1.95 bits per heavy atom. The highest BCUT2D eigenvalue weighted by Gasteiger charge is 2.19. The van der Waals surface area contributed by atoms with Gasteiger partial charge in [-0.05, 0) is 26.3 Å². The molecule has 5 heteroatoms. The quantitative estimate of drug-likeness (QED) is 0.771. The molecule has 0 aliphatic rings. The molecule has 0 aromatic heterocycles. The lowest BCUT2D eigenvalue weighted by atomic mass is 10.1. The molecular formula is C16H23NO4. The molecule has 0 spiro atoms. The van der Waals surface area contributed by atoms with E-state index in [0.717, 1.165) is 5.56 Å². The smallest absolute Gasteiger partial charge is 0.326 e. The van der Waals surface area contributed by atoms with Gasteiger partial charge in [-0.3, -0.25) is 4.79 Å². The van der Waals surface area contributed by atoms with E-state index in [1.54, 1.807) is 0 Å². The molecule has 21 heavy (non-hydrogen) atoms.